The zero-order valence-corrected chi connectivity index (χ0v) is 23.5. The summed E-state index contributed by atoms with van der Waals surface area (Å²) in [6.45, 7) is 4.10. The topological polar surface area (TPSA) is 209 Å². The highest BCUT2D eigenvalue weighted by molar-refractivity contribution is 7.99. The molecule has 226 valence electrons. The van der Waals surface area contributed by atoms with Crippen LogP contribution in [0, 0.1) is 5.92 Å². The maximum absolute atomic E-state index is 13.1. The number of benzene rings is 1. The number of thioether (sulfide) groups is 1. The Hall–Kier alpha value is -2.33. The van der Waals surface area contributed by atoms with Gasteiger partial charge in [0, 0.05) is 12.3 Å². The lowest BCUT2D eigenvalue weighted by Crippen LogP contribution is -2.65. The maximum Gasteiger partial charge on any atom is 0.338 e. The van der Waals surface area contributed by atoms with Gasteiger partial charge in [-0.2, -0.15) is 0 Å². The fourth-order valence-corrected chi connectivity index (χ4v) is 6.16. The Balaban J connectivity index is 1.60. The zero-order valence-electron chi connectivity index (χ0n) is 22.7. The van der Waals surface area contributed by atoms with Crippen LogP contribution in [0.15, 0.2) is 12.1 Å². The number of hydrogen-bond donors (Lipinski definition) is 8. The van der Waals surface area contributed by atoms with Crippen LogP contribution in [0.4, 0.5) is 0 Å². The van der Waals surface area contributed by atoms with Crippen molar-refractivity contribution in [3.05, 3.63) is 17.7 Å². The van der Waals surface area contributed by atoms with Crippen molar-refractivity contribution in [2.75, 3.05) is 26.0 Å². The molecular formula is C26H40N2O11S. The van der Waals surface area contributed by atoms with E-state index in [0.717, 1.165) is 43.3 Å². The van der Waals surface area contributed by atoms with Crippen LogP contribution in [0.3, 0.4) is 0 Å². The molecule has 3 rings (SSSR count). The highest BCUT2D eigenvalue weighted by Gasteiger charge is 2.49. The highest BCUT2D eigenvalue weighted by Crippen LogP contribution is 2.36. The summed E-state index contributed by atoms with van der Waals surface area (Å²) in [5.41, 5.74) is -1.29. The van der Waals surface area contributed by atoms with E-state index in [2.05, 4.69) is 12.2 Å². The molecule has 14 heteroatoms. The SMILES string of the molecule is CCC[C@@H]1C[C@@H](C(=O)N[C@@H]([C@H]2O[C@H](SCCOC(=O)c3cc(O)c(O)c(O)c3)[C@H](O)[C@@H](O)[C@H]2O)[C@@H](C)O)N(C)C1. The Bertz CT molecular complexity index is 1010. The van der Waals surface area contributed by atoms with E-state index in [1.54, 1.807) is 0 Å². The lowest BCUT2D eigenvalue weighted by Gasteiger charge is -2.44. The summed E-state index contributed by atoms with van der Waals surface area (Å²) in [5.74, 6) is -2.92. The number of esters is 1. The number of carbonyl (C=O) groups is 2. The quantitative estimate of drug-likeness (QED) is 0.0931. The third-order valence-corrected chi connectivity index (χ3v) is 8.45. The van der Waals surface area contributed by atoms with Crippen LogP contribution in [-0.2, 0) is 14.3 Å². The van der Waals surface area contributed by atoms with Gasteiger partial charge in [0.1, 0.15) is 36.5 Å². The van der Waals surface area contributed by atoms with Crippen molar-refractivity contribution in [1.29, 1.82) is 0 Å². The van der Waals surface area contributed by atoms with Crippen molar-refractivity contribution < 1.29 is 54.8 Å². The molecule has 2 aliphatic heterocycles. The molecule has 1 aromatic rings. The van der Waals surface area contributed by atoms with Gasteiger partial charge in [-0.25, -0.2) is 4.79 Å². The second-order valence-electron chi connectivity index (χ2n) is 10.4. The summed E-state index contributed by atoms with van der Waals surface area (Å²) < 4.78 is 11.0. The molecule has 40 heavy (non-hydrogen) atoms. The largest absolute Gasteiger partial charge is 0.504 e. The Morgan fingerprint density at radius 2 is 1.80 bits per heavy atom. The maximum atomic E-state index is 13.1. The normalized spacial score (nSPS) is 30.5. The Morgan fingerprint density at radius 1 is 1.15 bits per heavy atom. The van der Waals surface area contributed by atoms with E-state index in [0.29, 0.717) is 12.3 Å². The first-order valence-electron chi connectivity index (χ1n) is 13.3. The van der Waals surface area contributed by atoms with Crippen molar-refractivity contribution in [3.63, 3.8) is 0 Å². The molecule has 13 nitrogen and oxygen atoms in total. The number of phenols is 3. The van der Waals surface area contributed by atoms with Crippen LogP contribution < -0.4 is 5.32 Å². The molecule has 9 atom stereocenters. The van der Waals surface area contributed by atoms with Crippen molar-refractivity contribution in [1.82, 2.24) is 10.2 Å². The van der Waals surface area contributed by atoms with Crippen molar-refractivity contribution in [3.8, 4) is 17.2 Å². The van der Waals surface area contributed by atoms with Gasteiger partial charge in [0.25, 0.3) is 0 Å². The van der Waals surface area contributed by atoms with Crippen LogP contribution in [0.25, 0.3) is 0 Å². The van der Waals surface area contributed by atoms with Crippen LogP contribution in [0.1, 0.15) is 43.5 Å². The third kappa shape index (κ3) is 7.49. The predicted octanol–water partition coefficient (Wildman–Crippen LogP) is -0.513. The second-order valence-corrected chi connectivity index (χ2v) is 11.6. The molecule has 0 aromatic heterocycles. The minimum atomic E-state index is -1.64. The molecule has 0 radical (unpaired) electrons. The number of rotatable bonds is 11. The average molecular weight is 589 g/mol. The third-order valence-electron chi connectivity index (χ3n) is 7.33. The van der Waals surface area contributed by atoms with Crippen LogP contribution >= 0.6 is 11.8 Å². The summed E-state index contributed by atoms with van der Waals surface area (Å²) in [7, 11) is 1.86. The van der Waals surface area contributed by atoms with Gasteiger partial charge in [-0.1, -0.05) is 13.3 Å². The fraction of sp³-hybridized carbons (Fsp3) is 0.692. The summed E-state index contributed by atoms with van der Waals surface area (Å²) in [6.07, 6.45) is -4.49. The molecule has 0 bridgehead atoms. The Labute approximate surface area is 236 Å². The number of ether oxygens (including phenoxy) is 2. The van der Waals surface area contributed by atoms with Gasteiger partial charge >= 0.3 is 5.97 Å². The molecule has 2 heterocycles. The summed E-state index contributed by atoms with van der Waals surface area (Å²) >= 11 is 0.979. The standard InChI is InChI=1S/C26H40N2O11S/c1-4-5-13-8-15(28(3)11-13)24(36)27-18(12(2)29)23-21(34)20(33)22(35)26(39-23)40-7-6-38-25(37)14-9-16(30)19(32)17(31)10-14/h9-10,12-13,15,18,20-23,26,29-35H,4-8,11H2,1-3H3,(H,27,36)/t12-,13-,15+,18-,20+,21-,22-,23-,26-/m1/s1. The van der Waals surface area contributed by atoms with E-state index in [9.17, 15) is 45.3 Å². The number of nitrogens with zero attached hydrogens (tertiary/aromatic N) is 1. The van der Waals surface area contributed by atoms with E-state index in [1.165, 1.54) is 6.92 Å². The predicted molar refractivity (Wildman–Crippen MR) is 144 cm³/mol. The van der Waals surface area contributed by atoms with Crippen LogP contribution in [0.5, 0.6) is 17.2 Å². The van der Waals surface area contributed by atoms with E-state index in [-0.39, 0.29) is 23.8 Å². The lowest BCUT2D eigenvalue weighted by atomic mass is 9.92. The van der Waals surface area contributed by atoms with Gasteiger partial charge < -0.3 is 50.5 Å². The Morgan fingerprint density at radius 3 is 2.40 bits per heavy atom. The molecule has 0 spiro atoms. The lowest BCUT2D eigenvalue weighted by molar-refractivity contribution is -0.211. The number of phenolic OH excluding ortho intramolecular Hbond substituents is 3. The van der Waals surface area contributed by atoms with Crippen molar-refractivity contribution in [2.24, 2.45) is 5.92 Å². The number of likely N-dealkylation sites (N-methyl/N-ethyl adjacent to an activating group) is 1. The number of aliphatic hydroxyl groups is 4. The fourth-order valence-electron chi connectivity index (χ4n) is 5.18. The molecule has 2 saturated heterocycles. The van der Waals surface area contributed by atoms with Gasteiger partial charge in [-0.05, 0) is 44.9 Å². The molecule has 2 fully saturated rings. The average Bonchev–Trinajstić information content (AvgIpc) is 3.27. The minimum Gasteiger partial charge on any atom is -0.504 e. The van der Waals surface area contributed by atoms with Crippen LogP contribution in [0.2, 0.25) is 0 Å². The molecule has 1 aromatic carbocycles. The molecule has 8 N–H and O–H groups in total. The summed E-state index contributed by atoms with van der Waals surface area (Å²) in [4.78, 5) is 27.3. The van der Waals surface area contributed by atoms with Gasteiger partial charge in [0.2, 0.25) is 5.91 Å². The van der Waals surface area contributed by atoms with Gasteiger partial charge in [0.15, 0.2) is 17.2 Å². The highest BCUT2D eigenvalue weighted by atomic mass is 32.2. The molecular weight excluding hydrogens is 548 g/mol. The first-order valence-corrected chi connectivity index (χ1v) is 14.3. The van der Waals surface area contributed by atoms with Gasteiger partial charge in [-0.15, -0.1) is 11.8 Å². The number of aliphatic hydroxyl groups excluding tert-OH is 4. The van der Waals surface area contributed by atoms with E-state index in [1.807, 2.05) is 11.9 Å². The molecule has 1 amide bonds. The van der Waals surface area contributed by atoms with Crippen molar-refractivity contribution >= 4 is 23.6 Å². The smallest absolute Gasteiger partial charge is 0.338 e. The monoisotopic (exact) mass is 588 g/mol. The molecule has 0 aliphatic carbocycles. The van der Waals surface area contributed by atoms with Gasteiger partial charge in [-0.3, -0.25) is 9.69 Å². The number of hydrogen-bond acceptors (Lipinski definition) is 13. The van der Waals surface area contributed by atoms with Crippen LogP contribution in [-0.4, -0.2) is 127 Å². The number of carbonyl (C=O) groups excluding carboxylic acids is 2. The minimum absolute atomic E-state index is 0.0798. The van der Waals surface area contributed by atoms with E-state index >= 15 is 0 Å². The molecule has 0 unspecified atom stereocenters. The number of amides is 1. The molecule has 2 aliphatic rings. The summed E-state index contributed by atoms with van der Waals surface area (Å²) in [6, 6.07) is 0.363. The number of aromatic hydroxyl groups is 3. The van der Waals surface area contributed by atoms with E-state index < -0.39 is 71.3 Å². The first-order chi connectivity index (χ1) is 18.8. The number of nitrogens with one attached hydrogen (secondary N) is 1. The zero-order chi connectivity index (χ0) is 29.7. The number of likely N-dealkylation sites (tertiary alicyclic amines) is 1. The Kier molecular flexibility index (Phi) is 11.3. The molecule has 0 saturated carbocycles. The van der Waals surface area contributed by atoms with E-state index in [4.69, 9.17) is 9.47 Å². The second kappa shape index (κ2) is 14.0. The first kappa shape index (κ1) is 32.2. The van der Waals surface area contributed by atoms with Crippen molar-refractivity contribution in [2.45, 2.75) is 81.1 Å². The summed E-state index contributed by atoms with van der Waals surface area (Å²) in [5, 5.41) is 73.5. The van der Waals surface area contributed by atoms with Gasteiger partial charge in [0.05, 0.1) is 23.8 Å².